The number of anilines is 1. The maximum Gasteiger partial charge on any atom is 0.323 e. The minimum Gasteiger partial charge on any atom is -0.495 e. The number of amides is 3. The Kier molecular flexibility index (Phi) is 6.47. The summed E-state index contributed by atoms with van der Waals surface area (Å²) in [7, 11) is 1.55. The number of carbonyl (C=O) groups is 2. The second-order valence-corrected chi connectivity index (χ2v) is 8.06. The molecule has 4 rings (SSSR count). The number of para-hydroxylation sites is 2. The van der Waals surface area contributed by atoms with Crippen LogP contribution in [-0.4, -0.2) is 35.7 Å². The molecule has 7 nitrogen and oxygen atoms in total. The number of carbonyl (C=O) groups excluding carboxylic acids is 2. The van der Waals surface area contributed by atoms with Crippen LogP contribution in [0.15, 0.2) is 77.4 Å². The first-order valence-electron chi connectivity index (χ1n) is 9.86. The van der Waals surface area contributed by atoms with Crippen LogP contribution in [-0.2, 0) is 11.3 Å². The lowest BCUT2D eigenvalue weighted by molar-refractivity contribution is -0.124. The van der Waals surface area contributed by atoms with Gasteiger partial charge in [0.2, 0.25) is 5.91 Å². The SMILES string of the molecule is COc1ccccc1NC(=O)N1[C@@H](C(=O)NCc2ccco2)CS[C@H]1c1ccccc1. The summed E-state index contributed by atoms with van der Waals surface area (Å²) in [5.41, 5.74) is 1.51. The maximum atomic E-state index is 13.4. The van der Waals surface area contributed by atoms with Crippen molar-refractivity contribution in [3.8, 4) is 5.75 Å². The maximum absolute atomic E-state index is 13.4. The van der Waals surface area contributed by atoms with Crippen LogP contribution in [0.4, 0.5) is 10.5 Å². The van der Waals surface area contributed by atoms with Crippen LogP contribution in [0.5, 0.6) is 5.75 Å². The van der Waals surface area contributed by atoms with Crippen molar-refractivity contribution in [3.63, 3.8) is 0 Å². The number of thioether (sulfide) groups is 1. The summed E-state index contributed by atoms with van der Waals surface area (Å²) < 4.78 is 10.6. The lowest BCUT2D eigenvalue weighted by atomic mass is 10.1. The second kappa shape index (κ2) is 9.61. The molecule has 1 aromatic heterocycles. The molecule has 1 aliphatic rings. The lowest BCUT2D eigenvalue weighted by Crippen LogP contribution is -2.49. The minimum absolute atomic E-state index is 0.225. The van der Waals surface area contributed by atoms with Gasteiger partial charge < -0.3 is 19.8 Å². The third kappa shape index (κ3) is 4.69. The van der Waals surface area contributed by atoms with E-state index in [9.17, 15) is 9.59 Å². The lowest BCUT2D eigenvalue weighted by Gasteiger charge is -2.29. The first-order chi connectivity index (χ1) is 15.2. The molecule has 8 heteroatoms. The number of benzene rings is 2. The van der Waals surface area contributed by atoms with E-state index in [1.54, 1.807) is 54.3 Å². The Morgan fingerprint density at radius 2 is 1.87 bits per heavy atom. The summed E-state index contributed by atoms with van der Waals surface area (Å²) >= 11 is 1.56. The first-order valence-corrected chi connectivity index (χ1v) is 10.9. The van der Waals surface area contributed by atoms with Crippen LogP contribution in [0, 0.1) is 0 Å². The summed E-state index contributed by atoms with van der Waals surface area (Å²) in [5.74, 6) is 1.47. The number of furan rings is 1. The van der Waals surface area contributed by atoms with Gasteiger partial charge in [-0.1, -0.05) is 42.5 Å². The Hall–Kier alpha value is -3.39. The zero-order chi connectivity index (χ0) is 21.6. The molecule has 3 amide bonds. The first kappa shape index (κ1) is 20.9. The number of hydrogen-bond donors (Lipinski definition) is 2. The van der Waals surface area contributed by atoms with E-state index in [4.69, 9.17) is 9.15 Å². The van der Waals surface area contributed by atoms with E-state index in [1.807, 2.05) is 42.5 Å². The van der Waals surface area contributed by atoms with Crippen molar-refractivity contribution in [2.45, 2.75) is 18.0 Å². The quantitative estimate of drug-likeness (QED) is 0.602. The highest BCUT2D eigenvalue weighted by atomic mass is 32.2. The molecular formula is C23H23N3O4S. The zero-order valence-corrected chi connectivity index (χ0v) is 17.8. The van der Waals surface area contributed by atoms with Gasteiger partial charge in [0.05, 0.1) is 25.6 Å². The van der Waals surface area contributed by atoms with Gasteiger partial charge >= 0.3 is 6.03 Å². The van der Waals surface area contributed by atoms with Crippen molar-refractivity contribution < 1.29 is 18.7 Å². The highest BCUT2D eigenvalue weighted by Crippen LogP contribution is 2.42. The molecule has 1 fully saturated rings. The number of hydrogen-bond acceptors (Lipinski definition) is 5. The van der Waals surface area contributed by atoms with Crippen molar-refractivity contribution >= 4 is 29.4 Å². The Bertz CT molecular complexity index is 1030. The normalized spacial score (nSPS) is 17.9. The predicted molar refractivity (Wildman–Crippen MR) is 120 cm³/mol. The Balaban J connectivity index is 1.57. The van der Waals surface area contributed by atoms with Crippen LogP contribution in [0.2, 0.25) is 0 Å². The molecular weight excluding hydrogens is 414 g/mol. The average Bonchev–Trinajstić information content (AvgIpc) is 3.48. The van der Waals surface area contributed by atoms with E-state index >= 15 is 0 Å². The number of urea groups is 1. The monoisotopic (exact) mass is 437 g/mol. The van der Waals surface area contributed by atoms with E-state index in [1.165, 1.54) is 0 Å². The smallest absolute Gasteiger partial charge is 0.323 e. The second-order valence-electron chi connectivity index (χ2n) is 6.95. The Labute approximate surface area is 184 Å². The number of methoxy groups -OCH3 is 1. The summed E-state index contributed by atoms with van der Waals surface area (Å²) in [4.78, 5) is 28.0. The molecule has 0 radical (unpaired) electrons. The molecule has 0 saturated carbocycles. The molecule has 160 valence electrons. The number of nitrogens with one attached hydrogen (secondary N) is 2. The molecule has 3 aromatic rings. The van der Waals surface area contributed by atoms with Crippen molar-refractivity contribution in [1.82, 2.24) is 10.2 Å². The third-order valence-electron chi connectivity index (χ3n) is 4.99. The van der Waals surface area contributed by atoms with E-state index < -0.39 is 6.04 Å². The van der Waals surface area contributed by atoms with Crippen LogP contribution >= 0.6 is 11.8 Å². The zero-order valence-electron chi connectivity index (χ0n) is 17.0. The summed E-state index contributed by atoms with van der Waals surface area (Å²) in [6.07, 6.45) is 1.56. The topological polar surface area (TPSA) is 83.8 Å². The molecule has 0 spiro atoms. The Morgan fingerprint density at radius 1 is 1.10 bits per heavy atom. The molecule has 2 N–H and O–H groups in total. The molecule has 1 saturated heterocycles. The van der Waals surface area contributed by atoms with Gasteiger partial charge in [-0.15, -0.1) is 11.8 Å². The van der Waals surface area contributed by atoms with Gasteiger partial charge in [0, 0.05) is 5.75 Å². The Morgan fingerprint density at radius 3 is 2.61 bits per heavy atom. The van der Waals surface area contributed by atoms with Gasteiger partial charge in [0.15, 0.2) is 0 Å². The summed E-state index contributed by atoms with van der Waals surface area (Å²) in [6.45, 7) is 0.269. The van der Waals surface area contributed by atoms with Gasteiger partial charge in [0.1, 0.15) is 22.9 Å². The fourth-order valence-electron chi connectivity index (χ4n) is 3.46. The average molecular weight is 438 g/mol. The number of ether oxygens (including phenoxy) is 1. The molecule has 1 aliphatic heterocycles. The molecule has 0 unspecified atom stereocenters. The van der Waals surface area contributed by atoms with Crippen LogP contribution < -0.4 is 15.4 Å². The highest BCUT2D eigenvalue weighted by molar-refractivity contribution is 7.99. The third-order valence-corrected chi connectivity index (χ3v) is 6.31. The van der Waals surface area contributed by atoms with Crippen LogP contribution in [0.1, 0.15) is 16.7 Å². The van der Waals surface area contributed by atoms with Gasteiger partial charge in [-0.05, 0) is 29.8 Å². The van der Waals surface area contributed by atoms with Gasteiger partial charge in [-0.3, -0.25) is 9.69 Å². The predicted octanol–water partition coefficient (Wildman–Crippen LogP) is 4.25. The molecule has 0 bridgehead atoms. The molecule has 0 aliphatic carbocycles. The van der Waals surface area contributed by atoms with E-state index in [-0.39, 0.29) is 23.9 Å². The fourth-order valence-corrected chi connectivity index (χ4v) is 4.89. The van der Waals surface area contributed by atoms with E-state index in [0.29, 0.717) is 22.9 Å². The number of rotatable bonds is 6. The fraction of sp³-hybridized carbons (Fsp3) is 0.217. The molecule has 2 atom stereocenters. The molecule has 2 heterocycles. The minimum atomic E-state index is -0.625. The van der Waals surface area contributed by atoms with E-state index in [2.05, 4.69) is 10.6 Å². The standard InChI is InChI=1S/C23H23N3O4S/c1-29-20-12-6-5-11-18(20)25-23(28)26-19(21(27)24-14-17-10-7-13-30-17)15-31-22(26)16-8-3-2-4-9-16/h2-13,19,22H,14-15H2,1H3,(H,24,27)(H,25,28)/t19-,22+/m1/s1. The highest BCUT2D eigenvalue weighted by Gasteiger charge is 2.42. The summed E-state index contributed by atoms with van der Waals surface area (Å²) in [6, 6.07) is 19.5. The number of nitrogens with zero attached hydrogens (tertiary/aromatic N) is 1. The van der Waals surface area contributed by atoms with Crippen molar-refractivity contribution in [2.24, 2.45) is 0 Å². The van der Waals surface area contributed by atoms with Crippen LogP contribution in [0.3, 0.4) is 0 Å². The van der Waals surface area contributed by atoms with Crippen molar-refractivity contribution in [3.05, 3.63) is 84.3 Å². The summed E-state index contributed by atoms with van der Waals surface area (Å²) in [5, 5.41) is 5.50. The van der Waals surface area contributed by atoms with Crippen LogP contribution in [0.25, 0.3) is 0 Å². The van der Waals surface area contributed by atoms with Crippen molar-refractivity contribution in [2.75, 3.05) is 18.2 Å². The van der Waals surface area contributed by atoms with Gasteiger partial charge in [-0.2, -0.15) is 0 Å². The molecule has 2 aromatic carbocycles. The van der Waals surface area contributed by atoms with Gasteiger partial charge in [0.25, 0.3) is 0 Å². The van der Waals surface area contributed by atoms with Gasteiger partial charge in [-0.25, -0.2) is 4.79 Å². The van der Waals surface area contributed by atoms with Crippen molar-refractivity contribution in [1.29, 1.82) is 0 Å². The van der Waals surface area contributed by atoms with E-state index in [0.717, 1.165) is 5.56 Å². The molecule has 31 heavy (non-hydrogen) atoms. The largest absolute Gasteiger partial charge is 0.495 e.